The zero-order valence-electron chi connectivity index (χ0n) is 36.8. The molecule has 0 aromatic heterocycles. The topological polar surface area (TPSA) is 27.7 Å². The van der Waals surface area contributed by atoms with E-state index in [0.29, 0.717) is 0 Å². The Morgan fingerprint density at radius 3 is 1.37 bits per heavy atom. The fourth-order valence-electron chi connectivity index (χ4n) is 6.61. The molecule has 0 aliphatic carbocycles. The summed E-state index contributed by atoms with van der Waals surface area (Å²) >= 11 is 0. The van der Waals surface area contributed by atoms with E-state index in [9.17, 15) is 0 Å². The molecule has 0 spiro atoms. The number of aryl methyl sites for hydroxylation is 4. The van der Waals surface area contributed by atoms with Gasteiger partial charge >= 0.3 is 8.38 Å². The first-order chi connectivity index (χ1) is 27.0. The van der Waals surface area contributed by atoms with E-state index in [1.165, 1.54) is 44.2 Å². The average Bonchev–Trinajstić information content (AvgIpc) is 3.18. The summed E-state index contributed by atoms with van der Waals surface area (Å²) in [6.07, 6.45) is 0. The van der Waals surface area contributed by atoms with Gasteiger partial charge in [0.05, 0.1) is 5.30 Å². The van der Waals surface area contributed by atoms with Gasteiger partial charge in [-0.1, -0.05) is 164 Å². The summed E-state index contributed by atoms with van der Waals surface area (Å²) in [6.45, 7) is 30.3. The van der Waals surface area contributed by atoms with Crippen molar-refractivity contribution in [1.82, 2.24) is 0 Å². The summed E-state index contributed by atoms with van der Waals surface area (Å²) in [6, 6.07) is 46.3. The van der Waals surface area contributed by atoms with Crippen LogP contribution in [0.1, 0.15) is 94.3 Å². The van der Waals surface area contributed by atoms with Crippen LogP contribution in [0.5, 0.6) is 17.2 Å². The highest BCUT2D eigenvalue weighted by atomic mass is 31.2. The van der Waals surface area contributed by atoms with E-state index in [4.69, 9.17) is 13.6 Å². The van der Waals surface area contributed by atoms with E-state index >= 15 is 0 Å². The number of hydrogen-bond acceptors (Lipinski definition) is 3. The SMILES string of the molecule is CC.CP(Oc1ccccc1C(C)(C)C)c1ccccc1.Cc1cc(C)c(C)c(-c2cc(C)cc(C)c2OP(Oc2ccccc2C(C)(C)C)c2ccccc2)c1. The molecule has 0 amide bonds. The van der Waals surface area contributed by atoms with E-state index in [0.717, 1.165) is 33.7 Å². The lowest BCUT2D eigenvalue weighted by Gasteiger charge is -2.27. The second kappa shape index (κ2) is 20.3. The molecule has 0 saturated carbocycles. The van der Waals surface area contributed by atoms with Crippen molar-refractivity contribution in [2.24, 2.45) is 0 Å². The highest BCUT2D eigenvalue weighted by Crippen LogP contribution is 2.48. The summed E-state index contributed by atoms with van der Waals surface area (Å²) in [4.78, 5) is 0. The van der Waals surface area contributed by atoms with Gasteiger partial charge in [0.1, 0.15) is 25.4 Å². The van der Waals surface area contributed by atoms with Crippen LogP contribution in [0.3, 0.4) is 0 Å². The molecular formula is C52H64O3P2. The van der Waals surface area contributed by atoms with Crippen LogP contribution in [0.2, 0.25) is 0 Å². The average molecular weight is 799 g/mol. The molecule has 2 unspecified atom stereocenters. The van der Waals surface area contributed by atoms with Crippen molar-refractivity contribution in [2.45, 2.75) is 101 Å². The van der Waals surface area contributed by atoms with E-state index < -0.39 is 16.5 Å². The fourth-order valence-corrected chi connectivity index (χ4v) is 9.17. The number of hydrogen-bond donors (Lipinski definition) is 0. The van der Waals surface area contributed by atoms with Crippen LogP contribution in [0.4, 0.5) is 0 Å². The lowest BCUT2D eigenvalue weighted by Crippen LogP contribution is -2.15. The number of benzene rings is 6. The molecule has 0 radical (unpaired) electrons. The molecule has 6 aromatic carbocycles. The van der Waals surface area contributed by atoms with Crippen LogP contribution >= 0.6 is 16.5 Å². The first kappa shape index (κ1) is 45.3. The molecular weight excluding hydrogens is 735 g/mol. The van der Waals surface area contributed by atoms with Crippen LogP contribution in [-0.2, 0) is 10.8 Å². The molecule has 6 rings (SSSR count). The van der Waals surface area contributed by atoms with Crippen LogP contribution in [-0.4, -0.2) is 6.66 Å². The van der Waals surface area contributed by atoms with Gasteiger partial charge in [-0.15, -0.1) is 0 Å². The van der Waals surface area contributed by atoms with Crippen molar-refractivity contribution in [3.63, 3.8) is 0 Å². The third-order valence-electron chi connectivity index (χ3n) is 9.59. The Labute approximate surface area is 347 Å². The summed E-state index contributed by atoms with van der Waals surface area (Å²) in [7, 11) is -2.04. The van der Waals surface area contributed by atoms with Crippen LogP contribution in [0.25, 0.3) is 11.1 Å². The van der Waals surface area contributed by atoms with Gasteiger partial charge < -0.3 is 13.6 Å². The molecule has 0 bridgehead atoms. The largest absolute Gasteiger partial charge is 0.469 e. The van der Waals surface area contributed by atoms with E-state index in [2.05, 4.69) is 180 Å². The molecule has 0 fully saturated rings. The van der Waals surface area contributed by atoms with E-state index in [-0.39, 0.29) is 10.8 Å². The van der Waals surface area contributed by atoms with E-state index in [1.807, 2.05) is 50.2 Å². The van der Waals surface area contributed by atoms with Gasteiger partial charge in [-0.25, -0.2) is 0 Å². The van der Waals surface area contributed by atoms with Gasteiger partial charge in [0.25, 0.3) is 0 Å². The second-order valence-corrected chi connectivity index (χ2v) is 19.5. The number of para-hydroxylation sites is 2. The zero-order chi connectivity index (χ0) is 41.9. The Bertz CT molecular complexity index is 2180. The third kappa shape index (κ3) is 12.3. The Balaban J connectivity index is 0.000000288. The van der Waals surface area contributed by atoms with Crippen molar-refractivity contribution in [2.75, 3.05) is 6.66 Å². The fraction of sp³-hybridized carbons (Fsp3) is 0.308. The molecule has 0 aliphatic rings. The van der Waals surface area contributed by atoms with E-state index in [1.54, 1.807) is 0 Å². The molecule has 5 heteroatoms. The summed E-state index contributed by atoms with van der Waals surface area (Å²) in [5.74, 6) is 2.76. The maximum absolute atomic E-state index is 6.92. The summed E-state index contributed by atoms with van der Waals surface area (Å²) < 4.78 is 19.9. The van der Waals surface area contributed by atoms with Crippen LogP contribution < -0.4 is 24.2 Å². The smallest absolute Gasteiger partial charge is 0.326 e. The van der Waals surface area contributed by atoms with Gasteiger partial charge in [0.2, 0.25) is 0 Å². The van der Waals surface area contributed by atoms with Crippen LogP contribution in [0.15, 0.2) is 133 Å². The Morgan fingerprint density at radius 1 is 0.439 bits per heavy atom. The molecule has 2 atom stereocenters. The molecule has 57 heavy (non-hydrogen) atoms. The molecule has 0 saturated heterocycles. The standard InChI is InChI=1S/C33H37O2P.C17H21OP.C2H6/c1-22-18-24(3)26(5)28(20-22)29-21-23(2)19-25(4)32(29)35-36(27-14-10-9-11-15-27)34-31-17-13-12-16-30(31)33(6,7)8;1-17(2,3)15-12-8-9-13-16(15)18-19(4)14-10-6-5-7-11-14;1-2/h9-21H,1-8H3;5-13H,1-4H3;1-2H3. The second-order valence-electron chi connectivity index (χ2n) is 16.4. The zero-order valence-corrected chi connectivity index (χ0v) is 38.6. The Morgan fingerprint density at radius 2 is 0.860 bits per heavy atom. The van der Waals surface area contributed by atoms with Gasteiger partial charge in [-0.2, -0.15) is 0 Å². The first-order valence-electron chi connectivity index (χ1n) is 20.1. The number of rotatable bonds is 9. The quantitative estimate of drug-likeness (QED) is 0.136. The Kier molecular flexibility index (Phi) is 16.1. The monoisotopic (exact) mass is 798 g/mol. The van der Waals surface area contributed by atoms with Gasteiger partial charge in [-0.3, -0.25) is 0 Å². The van der Waals surface area contributed by atoms with Gasteiger partial charge in [0.15, 0.2) is 0 Å². The summed E-state index contributed by atoms with van der Waals surface area (Å²) in [5, 5.41) is 2.31. The predicted molar refractivity (Wildman–Crippen MR) is 251 cm³/mol. The normalized spacial score (nSPS) is 12.2. The highest BCUT2D eigenvalue weighted by Gasteiger charge is 2.26. The minimum atomic E-state index is -1.43. The lowest BCUT2D eigenvalue weighted by atomic mass is 9.86. The third-order valence-corrected chi connectivity index (χ3v) is 12.5. The molecule has 0 heterocycles. The minimum Gasteiger partial charge on any atom is -0.469 e. The molecule has 6 aromatic rings. The van der Waals surface area contributed by atoms with Crippen molar-refractivity contribution in [3.8, 4) is 28.4 Å². The first-order valence-corrected chi connectivity index (χ1v) is 23.0. The Hall–Kier alpha value is -4.42. The van der Waals surface area contributed by atoms with Crippen molar-refractivity contribution >= 4 is 27.1 Å². The molecule has 3 nitrogen and oxygen atoms in total. The highest BCUT2D eigenvalue weighted by molar-refractivity contribution is 7.60. The molecule has 300 valence electrons. The van der Waals surface area contributed by atoms with Crippen molar-refractivity contribution in [1.29, 1.82) is 0 Å². The molecule has 0 N–H and O–H groups in total. The minimum absolute atomic E-state index is 0.0462. The van der Waals surface area contributed by atoms with Crippen LogP contribution in [0, 0.1) is 34.6 Å². The van der Waals surface area contributed by atoms with Crippen molar-refractivity contribution in [3.05, 3.63) is 172 Å². The van der Waals surface area contributed by atoms with Gasteiger partial charge in [-0.05, 0) is 121 Å². The van der Waals surface area contributed by atoms with Gasteiger partial charge in [0, 0.05) is 10.9 Å². The van der Waals surface area contributed by atoms with Crippen molar-refractivity contribution < 1.29 is 13.6 Å². The maximum Gasteiger partial charge on any atom is 0.326 e. The molecule has 0 aliphatic heterocycles. The predicted octanol–water partition coefficient (Wildman–Crippen LogP) is 15.0. The lowest BCUT2D eigenvalue weighted by molar-refractivity contribution is 0.481. The summed E-state index contributed by atoms with van der Waals surface area (Å²) in [5.41, 5.74) is 11.0. The maximum atomic E-state index is 6.92.